The topological polar surface area (TPSA) is 121 Å². The SMILES string of the molecule is CCS(=O)(=O)c1ccc([C@H](CC#N)NC(=O)c2ccc(N3CC(Oc4ccc(NC(F)(F)F)cc4)C[C@H]3COC(F)F)cc2)cc1. The Balaban J connectivity index is 1.44. The molecule has 1 unspecified atom stereocenters. The first kappa shape index (κ1) is 34.5. The Bertz CT molecular complexity index is 1610. The Kier molecular flexibility index (Phi) is 11.1. The van der Waals surface area contributed by atoms with Crippen LogP contribution in [0.25, 0.3) is 0 Å². The summed E-state index contributed by atoms with van der Waals surface area (Å²) < 4.78 is 98.2. The Labute approximate surface area is 262 Å². The molecular weight excluding hydrogens is 635 g/mol. The normalized spacial score (nSPS) is 17.4. The molecule has 0 spiro atoms. The second-order valence-corrected chi connectivity index (χ2v) is 12.7. The molecule has 46 heavy (non-hydrogen) atoms. The lowest BCUT2D eigenvalue weighted by atomic mass is 10.0. The monoisotopic (exact) mass is 666 g/mol. The number of benzene rings is 3. The van der Waals surface area contributed by atoms with E-state index in [2.05, 4.69) is 10.1 Å². The lowest BCUT2D eigenvalue weighted by Crippen LogP contribution is -2.34. The van der Waals surface area contributed by atoms with Gasteiger partial charge in [-0.25, -0.2) is 8.42 Å². The minimum atomic E-state index is -4.59. The highest BCUT2D eigenvalue weighted by Gasteiger charge is 2.35. The number of hydrogen-bond acceptors (Lipinski definition) is 8. The van der Waals surface area contributed by atoms with Gasteiger partial charge in [-0.2, -0.15) is 27.2 Å². The number of sulfone groups is 1. The predicted octanol–water partition coefficient (Wildman–Crippen LogP) is 6.06. The summed E-state index contributed by atoms with van der Waals surface area (Å²) in [7, 11) is -3.41. The van der Waals surface area contributed by atoms with Crippen LogP contribution in [0.1, 0.15) is 41.7 Å². The molecule has 0 radical (unpaired) electrons. The van der Waals surface area contributed by atoms with Crippen LogP contribution in [0.3, 0.4) is 0 Å². The highest BCUT2D eigenvalue weighted by molar-refractivity contribution is 7.91. The fraction of sp³-hybridized carbons (Fsp3) is 0.355. The first-order valence-corrected chi connectivity index (χ1v) is 15.8. The maximum absolute atomic E-state index is 13.1. The number of carbonyl (C=O) groups excluding carboxylic acids is 1. The van der Waals surface area contributed by atoms with E-state index in [9.17, 15) is 40.4 Å². The molecule has 0 saturated carbocycles. The number of amides is 1. The molecule has 15 heteroatoms. The average molecular weight is 667 g/mol. The molecule has 246 valence electrons. The summed E-state index contributed by atoms with van der Waals surface area (Å²) in [5, 5.41) is 13.5. The van der Waals surface area contributed by atoms with Crippen molar-refractivity contribution < 1.29 is 44.6 Å². The van der Waals surface area contributed by atoms with E-state index < -0.39 is 46.8 Å². The summed E-state index contributed by atoms with van der Waals surface area (Å²) in [5.41, 5.74) is 1.24. The number of carbonyl (C=O) groups is 1. The third kappa shape index (κ3) is 9.30. The molecule has 0 bridgehead atoms. The highest BCUT2D eigenvalue weighted by Crippen LogP contribution is 2.31. The molecule has 1 aliphatic rings. The Morgan fingerprint density at radius 3 is 2.26 bits per heavy atom. The maximum Gasteiger partial charge on any atom is 0.482 e. The zero-order chi connectivity index (χ0) is 33.5. The molecule has 1 saturated heterocycles. The van der Waals surface area contributed by atoms with Crippen LogP contribution in [0.15, 0.2) is 77.7 Å². The molecular formula is C31H31F5N4O5S. The number of nitriles is 1. The second-order valence-electron chi connectivity index (χ2n) is 10.4. The molecule has 3 aromatic carbocycles. The average Bonchev–Trinajstić information content (AvgIpc) is 3.42. The number of ether oxygens (including phenoxy) is 2. The molecule has 2 N–H and O–H groups in total. The van der Waals surface area contributed by atoms with E-state index in [1.807, 2.05) is 6.07 Å². The van der Waals surface area contributed by atoms with Crippen LogP contribution in [0, 0.1) is 11.3 Å². The van der Waals surface area contributed by atoms with Crippen molar-refractivity contribution in [2.24, 2.45) is 0 Å². The van der Waals surface area contributed by atoms with E-state index in [0.29, 0.717) is 17.0 Å². The molecule has 1 fully saturated rings. The van der Waals surface area contributed by atoms with Crippen molar-refractivity contribution in [3.63, 3.8) is 0 Å². The van der Waals surface area contributed by atoms with Crippen LogP contribution >= 0.6 is 0 Å². The summed E-state index contributed by atoms with van der Waals surface area (Å²) in [5.74, 6) is -0.249. The van der Waals surface area contributed by atoms with Gasteiger partial charge in [-0.1, -0.05) is 19.1 Å². The third-order valence-corrected chi connectivity index (χ3v) is 9.07. The number of halogens is 5. The molecule has 1 aliphatic heterocycles. The van der Waals surface area contributed by atoms with E-state index >= 15 is 0 Å². The molecule has 0 aromatic heterocycles. The number of nitrogens with one attached hydrogen (secondary N) is 2. The third-order valence-electron chi connectivity index (χ3n) is 7.32. The summed E-state index contributed by atoms with van der Waals surface area (Å²) in [6.07, 6.45) is -4.87. The molecule has 3 atom stereocenters. The van der Waals surface area contributed by atoms with Crippen LogP contribution < -0.4 is 20.3 Å². The van der Waals surface area contributed by atoms with Gasteiger partial charge in [0.05, 0.1) is 48.4 Å². The fourth-order valence-corrected chi connectivity index (χ4v) is 5.94. The lowest BCUT2D eigenvalue weighted by molar-refractivity contribution is -0.131. The number of nitrogens with zero attached hydrogens (tertiary/aromatic N) is 2. The van der Waals surface area contributed by atoms with Gasteiger partial charge in [-0.05, 0) is 66.2 Å². The van der Waals surface area contributed by atoms with Crippen molar-refractivity contribution in [1.29, 1.82) is 5.26 Å². The van der Waals surface area contributed by atoms with Crippen molar-refractivity contribution in [3.8, 4) is 11.8 Å². The van der Waals surface area contributed by atoms with Gasteiger partial charge < -0.3 is 19.7 Å². The van der Waals surface area contributed by atoms with Gasteiger partial charge in [0.2, 0.25) is 0 Å². The number of anilines is 2. The molecule has 1 amide bonds. The Morgan fingerprint density at radius 2 is 1.70 bits per heavy atom. The van der Waals surface area contributed by atoms with E-state index in [4.69, 9.17) is 4.74 Å². The molecule has 3 aromatic rings. The smallest absolute Gasteiger partial charge is 0.482 e. The van der Waals surface area contributed by atoms with Crippen LogP contribution in [0.4, 0.5) is 33.3 Å². The van der Waals surface area contributed by atoms with Gasteiger partial charge in [0.15, 0.2) is 9.84 Å². The summed E-state index contributed by atoms with van der Waals surface area (Å²) >= 11 is 0. The summed E-state index contributed by atoms with van der Waals surface area (Å²) in [6.45, 7) is -1.53. The van der Waals surface area contributed by atoms with E-state index in [1.165, 1.54) is 60.8 Å². The zero-order valence-corrected chi connectivity index (χ0v) is 25.3. The molecule has 9 nitrogen and oxygen atoms in total. The van der Waals surface area contributed by atoms with Crippen molar-refractivity contribution in [1.82, 2.24) is 5.32 Å². The lowest BCUT2D eigenvalue weighted by Gasteiger charge is -2.26. The van der Waals surface area contributed by atoms with E-state index in [0.717, 1.165) is 0 Å². The number of rotatable bonds is 13. The Hall–Kier alpha value is -4.42. The van der Waals surface area contributed by atoms with Gasteiger partial charge in [0, 0.05) is 23.4 Å². The van der Waals surface area contributed by atoms with Gasteiger partial charge in [-0.15, -0.1) is 0 Å². The van der Waals surface area contributed by atoms with Gasteiger partial charge in [0.25, 0.3) is 5.91 Å². The quantitative estimate of drug-likeness (QED) is 0.167. The first-order chi connectivity index (χ1) is 21.8. The standard InChI is InChI=1S/C31H31F5N4O5S/c1-2-46(42,43)27-13-5-20(6-14-27)28(15-16-37)38-29(41)21-3-9-23(10-4-21)40-18-26(17-24(40)19-44-30(32)33)45-25-11-7-22(8-12-25)39-31(34,35)36/h3-14,24,26,28,30,39H,2,15,17-19H2,1H3,(H,38,41)/t24-,26?,28-/m0/s1. The molecule has 1 heterocycles. The minimum absolute atomic E-state index is 0.0632. The van der Waals surface area contributed by atoms with Crippen LogP contribution in [-0.4, -0.2) is 58.3 Å². The van der Waals surface area contributed by atoms with Crippen LogP contribution in [-0.2, 0) is 14.6 Å². The summed E-state index contributed by atoms with van der Waals surface area (Å²) in [4.78, 5) is 15.0. The number of hydrogen-bond donors (Lipinski definition) is 2. The Morgan fingerprint density at radius 1 is 1.04 bits per heavy atom. The predicted molar refractivity (Wildman–Crippen MR) is 159 cm³/mol. The number of alkyl halides is 5. The second kappa shape index (κ2) is 14.8. The van der Waals surface area contributed by atoms with Gasteiger partial charge in [0.1, 0.15) is 11.9 Å². The van der Waals surface area contributed by atoms with E-state index in [1.54, 1.807) is 29.2 Å². The zero-order valence-electron chi connectivity index (χ0n) is 24.5. The first-order valence-electron chi connectivity index (χ1n) is 14.2. The minimum Gasteiger partial charge on any atom is -0.489 e. The maximum atomic E-state index is 13.1. The van der Waals surface area contributed by atoms with Crippen molar-refractivity contribution >= 4 is 27.1 Å². The molecule has 4 rings (SSSR count). The van der Waals surface area contributed by atoms with Crippen molar-refractivity contribution in [2.75, 3.05) is 29.1 Å². The van der Waals surface area contributed by atoms with Gasteiger partial charge >= 0.3 is 12.9 Å². The molecule has 0 aliphatic carbocycles. The summed E-state index contributed by atoms with van der Waals surface area (Å²) in [6, 6.07) is 18.3. The highest BCUT2D eigenvalue weighted by atomic mass is 32.2. The van der Waals surface area contributed by atoms with Crippen LogP contribution in [0.2, 0.25) is 0 Å². The van der Waals surface area contributed by atoms with E-state index in [-0.39, 0.29) is 47.9 Å². The van der Waals surface area contributed by atoms with Gasteiger partial charge in [-0.3, -0.25) is 10.1 Å². The fourth-order valence-electron chi connectivity index (χ4n) is 5.05. The van der Waals surface area contributed by atoms with Crippen molar-refractivity contribution in [2.45, 2.75) is 55.8 Å². The van der Waals surface area contributed by atoms with Crippen LogP contribution in [0.5, 0.6) is 5.75 Å². The van der Waals surface area contributed by atoms with Crippen molar-refractivity contribution in [3.05, 3.63) is 83.9 Å². The largest absolute Gasteiger partial charge is 0.489 e.